The number of fused-ring (bicyclic) bond motifs is 1. The zero-order valence-corrected chi connectivity index (χ0v) is 35.5. The van der Waals surface area contributed by atoms with Crippen molar-refractivity contribution in [2.24, 2.45) is 5.73 Å². The molecule has 1 aliphatic heterocycles. The van der Waals surface area contributed by atoms with E-state index in [1.165, 1.54) is 0 Å². The smallest absolute Gasteiger partial charge is 0.321 e. The summed E-state index contributed by atoms with van der Waals surface area (Å²) in [7, 11) is 1.69. The number of nitrogens with one attached hydrogen (secondary N) is 2. The lowest BCUT2D eigenvalue weighted by Crippen LogP contribution is -2.48. The van der Waals surface area contributed by atoms with Crippen LogP contribution >= 0.6 is 11.8 Å². The Hall–Kier alpha value is -4.73. The molecule has 1 saturated heterocycles. The number of anilines is 2. The molecule has 3 aromatic rings. The summed E-state index contributed by atoms with van der Waals surface area (Å²) in [6.07, 6.45) is 5.31. The van der Waals surface area contributed by atoms with E-state index in [9.17, 15) is 24.3 Å². The summed E-state index contributed by atoms with van der Waals surface area (Å²) >= 11 is 0.812. The maximum absolute atomic E-state index is 12.8. The van der Waals surface area contributed by atoms with Gasteiger partial charge in [0.2, 0.25) is 17.8 Å². The second-order valence-corrected chi connectivity index (χ2v) is 15.5. The number of thioether (sulfide) groups is 1. The first-order valence-electron chi connectivity index (χ1n) is 20.3. The molecule has 0 saturated carbocycles. The number of ether oxygens (including phenoxy) is 4. The van der Waals surface area contributed by atoms with E-state index in [1.807, 2.05) is 17.2 Å². The maximum Gasteiger partial charge on any atom is 0.321 e. The predicted molar refractivity (Wildman–Crippen MR) is 228 cm³/mol. The Morgan fingerprint density at radius 1 is 0.900 bits per heavy atom. The third-order valence-electron chi connectivity index (χ3n) is 9.74. The molecule has 19 nitrogen and oxygen atoms in total. The number of unbranched alkanes of at least 4 members (excludes halogenated alkanes) is 2. The van der Waals surface area contributed by atoms with Gasteiger partial charge in [0.15, 0.2) is 5.82 Å². The highest BCUT2D eigenvalue weighted by molar-refractivity contribution is 8.00. The second-order valence-electron chi connectivity index (χ2n) is 14.3. The number of rotatable bonds is 29. The normalized spacial score (nSPS) is 14.2. The second kappa shape index (κ2) is 25.8. The van der Waals surface area contributed by atoms with Crippen LogP contribution in [0.1, 0.15) is 50.2 Å². The van der Waals surface area contributed by atoms with Crippen LogP contribution < -0.4 is 26.8 Å². The standard InChI is InChI=1S/C40H61N9O10S/c1-3-4-5-10-44-37-36-31(45-40(42)46-37)8-12-49(36)26-29-7-6-28(23-32(29)56-2)25-47-13-15-48(16-14-47)35(51)9-17-57-19-21-59-22-20-58-18-11-43-34(50)24-33(39(54)55)60-27-30(41)38(52)53/h6-8,12,23,30,33H,3-5,9-11,13-22,24-27,41H2,1-2H3,(H,43,50)(H,52,53)(H,54,55)(H3,42,44,45,46)/t30?,33-/m0/s1. The van der Waals surface area contributed by atoms with E-state index in [1.54, 1.807) is 7.11 Å². The fourth-order valence-electron chi connectivity index (χ4n) is 6.45. The Bertz CT molecular complexity index is 1830. The SMILES string of the molecule is CCCCCNc1nc(N)nc2ccn(Cc3ccc(CN4CCN(C(=O)CCOCCOCCOCCNC(=O)C[C@H](SCC(N)C(=O)O)C(=O)O)CC4)cc3OC)c12. The number of aromatic nitrogens is 3. The molecule has 2 atom stereocenters. The van der Waals surface area contributed by atoms with Crippen LogP contribution in [-0.2, 0) is 46.5 Å². The van der Waals surface area contributed by atoms with Crippen LogP contribution in [0.3, 0.4) is 0 Å². The van der Waals surface area contributed by atoms with E-state index in [2.05, 4.69) is 55.2 Å². The molecule has 0 radical (unpaired) electrons. The first kappa shape index (κ1) is 47.9. The molecule has 1 fully saturated rings. The van der Waals surface area contributed by atoms with Crippen LogP contribution in [0.2, 0.25) is 0 Å². The molecule has 3 heterocycles. The van der Waals surface area contributed by atoms with Gasteiger partial charge in [-0.2, -0.15) is 4.98 Å². The maximum atomic E-state index is 12.8. The van der Waals surface area contributed by atoms with Crippen LogP contribution in [0.15, 0.2) is 30.5 Å². The van der Waals surface area contributed by atoms with Gasteiger partial charge in [-0.1, -0.05) is 31.9 Å². The Balaban J connectivity index is 1.06. The molecule has 0 spiro atoms. The molecule has 0 bridgehead atoms. The number of carboxylic acid groups (broad SMARTS) is 2. The highest BCUT2D eigenvalue weighted by atomic mass is 32.2. The van der Waals surface area contributed by atoms with Crippen molar-refractivity contribution in [3.05, 3.63) is 41.6 Å². The number of nitrogens with two attached hydrogens (primary N) is 2. The Morgan fingerprint density at radius 2 is 1.62 bits per heavy atom. The highest BCUT2D eigenvalue weighted by Gasteiger charge is 2.25. The van der Waals surface area contributed by atoms with Gasteiger partial charge in [-0.25, -0.2) is 4.98 Å². The molecule has 1 unspecified atom stereocenters. The molecule has 1 aliphatic rings. The first-order valence-corrected chi connectivity index (χ1v) is 21.4. The van der Waals surface area contributed by atoms with Gasteiger partial charge < -0.3 is 60.7 Å². The minimum absolute atomic E-state index is 0.0617. The van der Waals surface area contributed by atoms with Crippen LogP contribution in [0, 0.1) is 0 Å². The molecule has 4 rings (SSSR count). The van der Waals surface area contributed by atoms with E-state index in [-0.39, 0.29) is 43.8 Å². The van der Waals surface area contributed by atoms with E-state index in [0.29, 0.717) is 52.5 Å². The average Bonchev–Trinajstić information content (AvgIpc) is 3.63. The van der Waals surface area contributed by atoms with Crippen molar-refractivity contribution >= 4 is 58.3 Å². The van der Waals surface area contributed by atoms with Crippen molar-refractivity contribution in [3.8, 4) is 5.75 Å². The zero-order valence-electron chi connectivity index (χ0n) is 34.6. The number of benzene rings is 1. The average molecular weight is 860 g/mol. The van der Waals surface area contributed by atoms with Crippen molar-refractivity contribution in [1.82, 2.24) is 29.7 Å². The van der Waals surface area contributed by atoms with Gasteiger partial charge in [-0.3, -0.25) is 24.1 Å². The lowest BCUT2D eigenvalue weighted by atomic mass is 10.1. The Labute approximate surface area is 354 Å². The fraction of sp³-hybridized carbons (Fsp3) is 0.600. The summed E-state index contributed by atoms with van der Waals surface area (Å²) < 4.78 is 24.5. The molecule has 20 heteroatoms. The fourth-order valence-corrected chi connectivity index (χ4v) is 7.44. The summed E-state index contributed by atoms with van der Waals surface area (Å²) in [5.41, 5.74) is 15.3. The topological polar surface area (TPSA) is 259 Å². The number of nitrogens with zero attached hydrogens (tertiary/aromatic N) is 5. The molecule has 8 N–H and O–H groups in total. The molecule has 2 aromatic heterocycles. The van der Waals surface area contributed by atoms with Gasteiger partial charge in [-0.15, -0.1) is 11.8 Å². The molecular formula is C40H61N9O10S. The van der Waals surface area contributed by atoms with Crippen LogP contribution in [0.5, 0.6) is 5.75 Å². The summed E-state index contributed by atoms with van der Waals surface area (Å²) in [4.78, 5) is 60.3. The van der Waals surface area contributed by atoms with Crippen molar-refractivity contribution in [2.45, 2.75) is 63.4 Å². The minimum atomic E-state index is -1.24. The van der Waals surface area contributed by atoms with Crippen LogP contribution in [-0.4, -0.2) is 161 Å². The molecule has 1 aromatic carbocycles. The number of hydrogen-bond acceptors (Lipinski definition) is 15. The number of hydrogen-bond donors (Lipinski definition) is 6. The van der Waals surface area contributed by atoms with Crippen LogP contribution in [0.25, 0.3) is 11.0 Å². The number of nitrogen functional groups attached to an aromatic ring is 1. The van der Waals surface area contributed by atoms with Gasteiger partial charge >= 0.3 is 11.9 Å². The van der Waals surface area contributed by atoms with E-state index >= 15 is 0 Å². The van der Waals surface area contributed by atoms with E-state index < -0.39 is 29.1 Å². The van der Waals surface area contributed by atoms with Gasteiger partial charge in [-0.05, 0) is 24.1 Å². The summed E-state index contributed by atoms with van der Waals surface area (Å²) in [5, 5.41) is 23.0. The van der Waals surface area contributed by atoms with Crippen molar-refractivity contribution in [1.29, 1.82) is 0 Å². The van der Waals surface area contributed by atoms with Gasteiger partial charge in [0.25, 0.3) is 0 Å². The lowest BCUT2D eigenvalue weighted by Gasteiger charge is -2.35. The van der Waals surface area contributed by atoms with E-state index in [4.69, 9.17) is 35.5 Å². The van der Waals surface area contributed by atoms with Crippen molar-refractivity contribution in [3.63, 3.8) is 0 Å². The molecule has 2 amide bonds. The van der Waals surface area contributed by atoms with Crippen LogP contribution in [0.4, 0.5) is 11.8 Å². The molecule has 0 aliphatic carbocycles. The quantitative estimate of drug-likeness (QED) is 0.0545. The lowest BCUT2D eigenvalue weighted by molar-refractivity contribution is -0.139. The zero-order chi connectivity index (χ0) is 43.3. The van der Waals surface area contributed by atoms with Gasteiger partial charge in [0, 0.05) is 69.7 Å². The number of carbonyl (C=O) groups is 4. The number of carboxylic acids is 2. The summed E-state index contributed by atoms with van der Waals surface area (Å²) in [6.45, 7) is 9.11. The monoisotopic (exact) mass is 859 g/mol. The van der Waals surface area contributed by atoms with Gasteiger partial charge in [0.1, 0.15) is 22.6 Å². The highest BCUT2D eigenvalue weighted by Crippen LogP contribution is 2.28. The largest absolute Gasteiger partial charge is 0.496 e. The van der Waals surface area contributed by atoms with Crippen molar-refractivity contribution < 1.29 is 48.3 Å². The Kier molecular flexibility index (Phi) is 20.6. The van der Waals surface area contributed by atoms with Crippen molar-refractivity contribution in [2.75, 3.05) is 103 Å². The third-order valence-corrected chi connectivity index (χ3v) is 11.1. The van der Waals surface area contributed by atoms with Gasteiger partial charge in [0.05, 0.1) is 65.2 Å². The first-order chi connectivity index (χ1) is 29.0. The number of methoxy groups -OCH3 is 1. The van der Waals surface area contributed by atoms with E-state index in [0.717, 1.165) is 90.9 Å². The minimum Gasteiger partial charge on any atom is -0.496 e. The predicted octanol–water partition coefficient (Wildman–Crippen LogP) is 1.86. The molecular weight excluding hydrogens is 799 g/mol. The number of aliphatic carboxylic acids is 2. The third kappa shape index (κ3) is 16.0. The number of piperazine rings is 1. The summed E-state index contributed by atoms with van der Waals surface area (Å²) in [6, 6.07) is 7.07. The number of amides is 2. The molecule has 60 heavy (non-hydrogen) atoms. The number of carbonyl (C=O) groups excluding carboxylic acids is 2. The summed E-state index contributed by atoms with van der Waals surface area (Å²) in [5.74, 6) is -1.22. The molecule has 332 valence electrons. The Morgan fingerprint density at radius 3 is 2.30 bits per heavy atom.